The first-order valence-corrected chi connectivity index (χ1v) is 11.9. The smallest absolute Gasteiger partial charge is 0.435 e. The fourth-order valence-electron chi connectivity index (χ4n) is 3.36. The zero-order valence-electron chi connectivity index (χ0n) is 21.3. The second kappa shape index (κ2) is 13.0. The van der Waals surface area contributed by atoms with E-state index in [-0.39, 0.29) is 13.1 Å². The molecule has 0 bridgehead atoms. The van der Waals surface area contributed by atoms with E-state index in [4.69, 9.17) is 9.47 Å². The van der Waals surface area contributed by atoms with E-state index < -0.39 is 29.2 Å². The fraction of sp³-hybridized carbons (Fsp3) is 0.346. The van der Waals surface area contributed by atoms with E-state index in [0.717, 1.165) is 10.9 Å². The summed E-state index contributed by atoms with van der Waals surface area (Å²) in [5.41, 5.74) is -1.26. The Kier molecular flexibility index (Phi) is 9.72. The molecule has 3 aromatic rings. The molecule has 2 aromatic carbocycles. The lowest BCUT2D eigenvalue weighted by Gasteiger charge is -2.11. The Balaban J connectivity index is 1.63. The molecule has 0 aliphatic heterocycles. The lowest BCUT2D eigenvalue weighted by molar-refractivity contribution is -0.141. The van der Waals surface area contributed by atoms with Crippen LogP contribution in [-0.4, -0.2) is 73.4 Å². The van der Waals surface area contributed by atoms with Gasteiger partial charge in [-0.25, -0.2) is 4.68 Å². The molecular weight excluding hydrogens is 503 g/mol. The summed E-state index contributed by atoms with van der Waals surface area (Å²) in [6, 6.07) is 12.9. The van der Waals surface area contributed by atoms with Crippen molar-refractivity contribution in [2.75, 3.05) is 46.9 Å². The minimum Gasteiger partial charge on any atom is -0.494 e. The molecule has 3 rings (SSSR count). The van der Waals surface area contributed by atoms with Crippen molar-refractivity contribution in [3.63, 3.8) is 0 Å². The van der Waals surface area contributed by atoms with Gasteiger partial charge in [-0.2, -0.15) is 18.3 Å². The van der Waals surface area contributed by atoms with Gasteiger partial charge in [-0.15, -0.1) is 0 Å². The lowest BCUT2D eigenvalue weighted by atomic mass is 10.2. The molecule has 9 nitrogen and oxygen atoms in total. The second-order valence-corrected chi connectivity index (χ2v) is 8.45. The number of halogens is 3. The van der Waals surface area contributed by atoms with E-state index in [1.807, 2.05) is 25.9 Å². The van der Waals surface area contributed by atoms with Gasteiger partial charge in [-0.3, -0.25) is 9.59 Å². The first-order valence-electron chi connectivity index (χ1n) is 11.9. The van der Waals surface area contributed by atoms with E-state index in [1.165, 1.54) is 0 Å². The molecule has 0 unspecified atom stereocenters. The summed E-state index contributed by atoms with van der Waals surface area (Å²) in [6.45, 7) is 3.33. The van der Waals surface area contributed by atoms with Crippen LogP contribution in [0.5, 0.6) is 11.5 Å². The Morgan fingerprint density at radius 3 is 2.29 bits per heavy atom. The SMILES string of the molecule is CCOc1ccc(C(=O)NCCNC(=O)c2cn(-c3cccc(OCCN(C)C)c3)nc2C(F)(F)F)cc1. The highest BCUT2D eigenvalue weighted by atomic mass is 19.4. The number of carbonyl (C=O) groups excluding carboxylic acids is 2. The number of aromatic nitrogens is 2. The Morgan fingerprint density at radius 1 is 0.974 bits per heavy atom. The average molecular weight is 534 g/mol. The van der Waals surface area contributed by atoms with Crippen molar-refractivity contribution < 1.29 is 32.2 Å². The van der Waals surface area contributed by atoms with Gasteiger partial charge in [0.15, 0.2) is 5.69 Å². The number of nitrogens with one attached hydrogen (secondary N) is 2. The van der Waals surface area contributed by atoms with Crippen molar-refractivity contribution >= 4 is 11.8 Å². The summed E-state index contributed by atoms with van der Waals surface area (Å²) in [6.07, 6.45) is -3.82. The molecule has 204 valence electrons. The number of alkyl halides is 3. The van der Waals surface area contributed by atoms with Gasteiger partial charge in [0.2, 0.25) is 0 Å². The molecule has 0 spiro atoms. The Hall–Kier alpha value is -4.06. The first kappa shape index (κ1) is 28.5. The van der Waals surface area contributed by atoms with Crippen molar-refractivity contribution in [2.24, 2.45) is 0 Å². The molecule has 0 radical (unpaired) electrons. The highest BCUT2D eigenvalue weighted by Crippen LogP contribution is 2.31. The summed E-state index contributed by atoms with van der Waals surface area (Å²) in [5, 5.41) is 8.64. The van der Waals surface area contributed by atoms with Crippen LogP contribution in [0.1, 0.15) is 33.3 Å². The van der Waals surface area contributed by atoms with Crippen LogP contribution in [0.25, 0.3) is 5.69 Å². The third-order valence-corrected chi connectivity index (χ3v) is 5.24. The molecule has 12 heteroatoms. The molecule has 1 aromatic heterocycles. The maximum Gasteiger partial charge on any atom is 0.435 e. The number of likely N-dealkylation sites (N-methyl/N-ethyl adjacent to an activating group) is 1. The maximum absolute atomic E-state index is 13.7. The van der Waals surface area contributed by atoms with Gasteiger partial charge in [0.1, 0.15) is 18.1 Å². The summed E-state index contributed by atoms with van der Waals surface area (Å²) < 4.78 is 53.0. The van der Waals surface area contributed by atoms with E-state index >= 15 is 0 Å². The number of hydrogen-bond donors (Lipinski definition) is 2. The predicted molar refractivity (Wildman–Crippen MR) is 135 cm³/mol. The van der Waals surface area contributed by atoms with E-state index in [0.29, 0.717) is 42.5 Å². The minimum absolute atomic E-state index is 0.0135. The molecule has 1 heterocycles. The summed E-state index contributed by atoms with van der Waals surface area (Å²) >= 11 is 0. The molecule has 0 saturated carbocycles. The van der Waals surface area contributed by atoms with Crippen molar-refractivity contribution in [3.8, 4) is 17.2 Å². The predicted octanol–water partition coefficient (Wildman–Crippen LogP) is 3.39. The van der Waals surface area contributed by atoms with Crippen LogP contribution in [0.3, 0.4) is 0 Å². The van der Waals surface area contributed by atoms with Crippen LogP contribution in [0.2, 0.25) is 0 Å². The van der Waals surface area contributed by atoms with E-state index in [9.17, 15) is 22.8 Å². The highest BCUT2D eigenvalue weighted by molar-refractivity contribution is 5.96. The number of rotatable bonds is 12. The van der Waals surface area contributed by atoms with E-state index in [2.05, 4.69) is 15.7 Å². The third kappa shape index (κ3) is 7.97. The van der Waals surface area contributed by atoms with Crippen LogP contribution in [-0.2, 0) is 6.18 Å². The van der Waals surface area contributed by atoms with Gasteiger partial charge in [0.05, 0.1) is 17.9 Å². The molecule has 2 amide bonds. The van der Waals surface area contributed by atoms with Crippen LogP contribution in [0.15, 0.2) is 54.7 Å². The van der Waals surface area contributed by atoms with Gasteiger partial charge in [0.25, 0.3) is 11.8 Å². The van der Waals surface area contributed by atoms with Crippen LogP contribution >= 0.6 is 0 Å². The van der Waals surface area contributed by atoms with Gasteiger partial charge >= 0.3 is 6.18 Å². The maximum atomic E-state index is 13.7. The summed E-state index contributed by atoms with van der Waals surface area (Å²) in [7, 11) is 3.79. The molecule has 0 aliphatic carbocycles. The van der Waals surface area contributed by atoms with Crippen molar-refractivity contribution in [1.29, 1.82) is 0 Å². The van der Waals surface area contributed by atoms with Crippen molar-refractivity contribution in [3.05, 3.63) is 71.5 Å². The molecular formula is C26H30F3N5O4. The Morgan fingerprint density at radius 2 is 1.66 bits per heavy atom. The van der Waals surface area contributed by atoms with Gasteiger partial charge in [-0.05, 0) is 57.4 Å². The van der Waals surface area contributed by atoms with Crippen LogP contribution < -0.4 is 20.1 Å². The fourth-order valence-corrected chi connectivity index (χ4v) is 3.36. The van der Waals surface area contributed by atoms with Gasteiger partial charge < -0.3 is 25.0 Å². The second-order valence-electron chi connectivity index (χ2n) is 8.45. The van der Waals surface area contributed by atoms with Crippen molar-refractivity contribution in [2.45, 2.75) is 13.1 Å². The topological polar surface area (TPSA) is 97.7 Å². The summed E-state index contributed by atoms with van der Waals surface area (Å²) in [4.78, 5) is 26.8. The van der Waals surface area contributed by atoms with Crippen LogP contribution in [0.4, 0.5) is 13.2 Å². The molecule has 0 fully saturated rings. The molecule has 0 atom stereocenters. The Bertz CT molecular complexity index is 1230. The standard InChI is InChI=1S/C26H30F3N5O4/c1-4-37-20-10-8-18(9-11-20)24(35)30-12-13-31-25(36)22-17-34(32-23(22)26(27,28)29)19-6-5-7-21(16-19)38-15-14-33(2)3/h5-11,16-17H,4,12-15H2,1-3H3,(H,30,35)(H,31,36). The third-order valence-electron chi connectivity index (χ3n) is 5.24. The van der Waals surface area contributed by atoms with E-state index in [1.54, 1.807) is 48.5 Å². The normalized spacial score (nSPS) is 11.3. The molecule has 0 aliphatic rings. The zero-order chi connectivity index (χ0) is 27.7. The average Bonchev–Trinajstić information content (AvgIpc) is 3.34. The number of benzene rings is 2. The highest BCUT2D eigenvalue weighted by Gasteiger charge is 2.39. The first-order chi connectivity index (χ1) is 18.1. The van der Waals surface area contributed by atoms with Gasteiger partial charge in [-0.1, -0.05) is 6.07 Å². The zero-order valence-corrected chi connectivity index (χ0v) is 21.3. The molecule has 38 heavy (non-hydrogen) atoms. The van der Waals surface area contributed by atoms with Crippen molar-refractivity contribution in [1.82, 2.24) is 25.3 Å². The number of hydrogen-bond acceptors (Lipinski definition) is 6. The monoisotopic (exact) mass is 533 g/mol. The Labute approximate surface area is 218 Å². The van der Waals surface area contributed by atoms with Gasteiger partial charge in [0, 0.05) is 37.5 Å². The lowest BCUT2D eigenvalue weighted by Crippen LogP contribution is -2.35. The molecule has 0 saturated heterocycles. The number of carbonyl (C=O) groups is 2. The quantitative estimate of drug-likeness (QED) is 0.347. The molecule has 2 N–H and O–H groups in total. The largest absolute Gasteiger partial charge is 0.494 e. The number of ether oxygens (including phenoxy) is 2. The van der Waals surface area contributed by atoms with Crippen LogP contribution in [0, 0.1) is 0 Å². The number of nitrogens with zero attached hydrogens (tertiary/aromatic N) is 3. The summed E-state index contributed by atoms with van der Waals surface area (Å²) in [5.74, 6) is -0.264. The minimum atomic E-state index is -4.85. The number of amides is 2.